The number of aromatic nitrogens is 1. The summed E-state index contributed by atoms with van der Waals surface area (Å²) in [5.74, 6) is -1.52. The molecule has 4 atom stereocenters. The van der Waals surface area contributed by atoms with Crippen LogP contribution in [-0.4, -0.2) is 58.9 Å². The fourth-order valence-electron chi connectivity index (χ4n) is 4.71. The highest BCUT2D eigenvalue weighted by molar-refractivity contribution is 5.90. The second-order valence-electron chi connectivity index (χ2n) is 11.2. The van der Waals surface area contributed by atoms with E-state index in [0.29, 0.717) is 25.1 Å². The lowest BCUT2D eigenvalue weighted by molar-refractivity contribution is -0.145. The lowest BCUT2D eigenvalue weighted by Crippen LogP contribution is -2.61. The normalized spacial score (nSPS) is 26.9. The Bertz CT molecular complexity index is 1360. The molecule has 0 unspecified atom stereocenters. The summed E-state index contributed by atoms with van der Waals surface area (Å²) in [4.78, 5) is 44.1. The van der Waals surface area contributed by atoms with E-state index in [1.165, 1.54) is 11.9 Å². The number of ether oxygens (including phenoxy) is 1. The number of nitrogens with one attached hydrogen (secondary N) is 3. The number of hydrazine groups is 1. The number of benzene rings is 1. The van der Waals surface area contributed by atoms with Gasteiger partial charge in [0.2, 0.25) is 12.3 Å². The Morgan fingerprint density at radius 2 is 1.80 bits per heavy atom. The molecule has 3 amide bonds. The number of pyridine rings is 1. The number of carbonyl (C=O) groups is 3. The van der Waals surface area contributed by atoms with Crippen LogP contribution in [-0.2, 0) is 19.1 Å². The maximum Gasteiger partial charge on any atom is 0.261 e. The molecule has 1 saturated heterocycles. The van der Waals surface area contributed by atoms with Crippen LogP contribution in [0.25, 0.3) is 17.0 Å². The van der Waals surface area contributed by atoms with Crippen molar-refractivity contribution in [3.05, 3.63) is 60.0 Å². The van der Waals surface area contributed by atoms with Gasteiger partial charge in [-0.1, -0.05) is 36.9 Å². The average Bonchev–Trinajstić information content (AvgIpc) is 2.94. The van der Waals surface area contributed by atoms with E-state index >= 15 is 0 Å². The molecule has 2 aromatic rings. The molecule has 1 aromatic heterocycles. The smallest absolute Gasteiger partial charge is 0.261 e. The van der Waals surface area contributed by atoms with Crippen molar-refractivity contribution in [3.63, 3.8) is 0 Å². The second-order valence-corrected chi connectivity index (χ2v) is 11.2. The quantitative estimate of drug-likeness (QED) is 0.504. The topological polar surface area (TPSA) is 113 Å². The van der Waals surface area contributed by atoms with Crippen molar-refractivity contribution in [1.29, 1.82) is 0 Å². The van der Waals surface area contributed by atoms with Crippen LogP contribution < -0.4 is 16.1 Å². The Labute approximate surface area is 238 Å². The van der Waals surface area contributed by atoms with E-state index in [1.54, 1.807) is 13.8 Å². The number of halogens is 2. The molecule has 220 valence electrons. The fourth-order valence-corrected chi connectivity index (χ4v) is 4.71. The van der Waals surface area contributed by atoms with E-state index < -0.39 is 54.3 Å². The molecule has 2 aliphatic rings. The Hall–Kier alpha value is -3.86. The Balaban J connectivity index is 1.70. The van der Waals surface area contributed by atoms with Gasteiger partial charge >= 0.3 is 0 Å². The van der Waals surface area contributed by atoms with Gasteiger partial charge in [-0.2, -0.15) is 0 Å². The van der Waals surface area contributed by atoms with Crippen molar-refractivity contribution >= 4 is 34.7 Å². The number of rotatable bonds is 2. The van der Waals surface area contributed by atoms with E-state index in [9.17, 15) is 23.2 Å². The molecule has 3 N–H and O–H groups in total. The summed E-state index contributed by atoms with van der Waals surface area (Å²) in [6.07, 6.45) is -0.524. The van der Waals surface area contributed by atoms with Crippen LogP contribution in [0.2, 0.25) is 0 Å². The third-order valence-corrected chi connectivity index (χ3v) is 7.42. The van der Waals surface area contributed by atoms with Crippen molar-refractivity contribution < 1.29 is 27.9 Å². The SMILES string of the molecule is C=C1O[C@@H](CC(F)F)C(=O)N[C@@H](C)C(=O)N2CCC[C@H](N2)C(=O)N[C@H](C)c2ccc3ccc(cc3n2)/C=C/C1(C)C. The highest BCUT2D eigenvalue weighted by Gasteiger charge is 2.34. The van der Waals surface area contributed by atoms with Crippen LogP contribution in [0.4, 0.5) is 8.78 Å². The van der Waals surface area contributed by atoms with Gasteiger partial charge in [-0.3, -0.25) is 24.4 Å². The molecule has 1 aromatic carbocycles. The molecule has 11 heteroatoms. The Morgan fingerprint density at radius 1 is 1.10 bits per heavy atom. The first-order valence-corrected chi connectivity index (χ1v) is 13.8. The van der Waals surface area contributed by atoms with E-state index in [0.717, 1.165) is 16.5 Å². The predicted octanol–water partition coefficient (Wildman–Crippen LogP) is 4.02. The van der Waals surface area contributed by atoms with E-state index in [4.69, 9.17) is 9.72 Å². The summed E-state index contributed by atoms with van der Waals surface area (Å²) in [5.41, 5.74) is 4.39. The van der Waals surface area contributed by atoms with Crippen LogP contribution in [0.15, 0.2) is 48.7 Å². The lowest BCUT2D eigenvalue weighted by atomic mass is 9.90. The summed E-state index contributed by atoms with van der Waals surface area (Å²) in [5, 5.41) is 7.68. The zero-order chi connectivity index (χ0) is 29.9. The monoisotopic (exact) mass is 569 g/mol. The van der Waals surface area contributed by atoms with Crippen LogP contribution in [0.1, 0.15) is 64.3 Å². The standard InChI is InChI=1S/C30H37F2N5O4/c1-17-22-11-10-21-9-8-20(15-24(21)35-22)12-13-30(4,5)19(3)41-25(16-26(31)32)28(39)34-18(2)29(40)37-14-6-7-23(36-37)27(38)33-17/h8-13,15,17-18,23,25-26,36H,3,6-7,14,16H2,1-2,4-5H3,(H,33,38)(H,34,39)/b13-12+/t17-,18+,23+,25+/m1/s1. The highest BCUT2D eigenvalue weighted by atomic mass is 19.3. The Morgan fingerprint density at radius 3 is 2.54 bits per heavy atom. The number of allylic oxidation sites excluding steroid dienone is 1. The summed E-state index contributed by atoms with van der Waals surface area (Å²) >= 11 is 0. The number of carbonyl (C=O) groups excluding carboxylic acids is 3. The number of alkyl halides is 2. The molecule has 5 bridgehead atoms. The molecule has 0 spiro atoms. The zero-order valence-corrected chi connectivity index (χ0v) is 23.7. The number of hydrogen-bond acceptors (Lipinski definition) is 6. The molecule has 0 radical (unpaired) electrons. The van der Waals surface area contributed by atoms with Crippen molar-refractivity contribution in [1.82, 2.24) is 26.1 Å². The lowest BCUT2D eigenvalue weighted by Gasteiger charge is -2.35. The fraction of sp³-hybridized carbons (Fsp3) is 0.467. The van der Waals surface area contributed by atoms with Crippen molar-refractivity contribution in [2.75, 3.05) is 6.54 Å². The molecule has 4 rings (SSSR count). The third-order valence-electron chi connectivity index (χ3n) is 7.42. The van der Waals surface area contributed by atoms with E-state index in [2.05, 4.69) is 22.6 Å². The van der Waals surface area contributed by atoms with Gasteiger partial charge in [0, 0.05) is 17.3 Å². The molecule has 0 aliphatic carbocycles. The zero-order valence-electron chi connectivity index (χ0n) is 23.7. The molecular formula is C30H37F2N5O4. The minimum Gasteiger partial charge on any atom is -0.484 e. The van der Waals surface area contributed by atoms with Gasteiger partial charge in [0.25, 0.3) is 11.8 Å². The number of amides is 3. The molecule has 0 saturated carbocycles. The number of fused-ring (bicyclic) bond motifs is 4. The van der Waals surface area contributed by atoms with Gasteiger partial charge in [0.05, 0.1) is 29.4 Å². The summed E-state index contributed by atoms with van der Waals surface area (Å²) in [7, 11) is 0. The van der Waals surface area contributed by atoms with Crippen molar-refractivity contribution in [2.24, 2.45) is 5.41 Å². The van der Waals surface area contributed by atoms with Gasteiger partial charge in [0.15, 0.2) is 6.10 Å². The average molecular weight is 570 g/mol. The molecule has 2 aliphatic heterocycles. The van der Waals surface area contributed by atoms with Gasteiger partial charge in [0.1, 0.15) is 12.1 Å². The molecule has 1 fully saturated rings. The van der Waals surface area contributed by atoms with Gasteiger partial charge in [-0.05, 0) is 58.2 Å². The number of hydrogen-bond donors (Lipinski definition) is 3. The van der Waals surface area contributed by atoms with Crippen LogP contribution in [0.3, 0.4) is 0 Å². The first-order chi connectivity index (χ1) is 19.3. The van der Waals surface area contributed by atoms with E-state index in [-0.39, 0.29) is 11.7 Å². The summed E-state index contributed by atoms with van der Waals surface area (Å²) in [6.45, 7) is 11.1. The van der Waals surface area contributed by atoms with Crippen molar-refractivity contribution in [2.45, 2.75) is 77.6 Å². The maximum atomic E-state index is 13.4. The van der Waals surface area contributed by atoms with Crippen molar-refractivity contribution in [3.8, 4) is 0 Å². The minimum absolute atomic E-state index is 0.125. The Kier molecular flexibility index (Phi) is 9.06. The van der Waals surface area contributed by atoms with Gasteiger partial charge in [-0.25, -0.2) is 14.2 Å². The highest BCUT2D eigenvalue weighted by Crippen LogP contribution is 2.31. The first kappa shape index (κ1) is 30.1. The van der Waals surface area contributed by atoms with Gasteiger partial charge < -0.3 is 15.4 Å². The molecule has 3 heterocycles. The maximum absolute atomic E-state index is 13.4. The number of nitrogens with zero attached hydrogens (tertiary/aromatic N) is 2. The minimum atomic E-state index is -2.82. The largest absolute Gasteiger partial charge is 0.484 e. The molecular weight excluding hydrogens is 532 g/mol. The molecule has 41 heavy (non-hydrogen) atoms. The molecule has 9 nitrogen and oxygen atoms in total. The van der Waals surface area contributed by atoms with Crippen LogP contribution in [0.5, 0.6) is 0 Å². The summed E-state index contributed by atoms with van der Waals surface area (Å²) in [6, 6.07) is 7.45. The predicted molar refractivity (Wildman–Crippen MR) is 151 cm³/mol. The van der Waals surface area contributed by atoms with Crippen LogP contribution in [0, 0.1) is 5.41 Å². The van der Waals surface area contributed by atoms with Gasteiger partial charge in [-0.15, -0.1) is 0 Å². The first-order valence-electron chi connectivity index (χ1n) is 13.8. The van der Waals surface area contributed by atoms with Crippen LogP contribution >= 0.6 is 0 Å². The summed E-state index contributed by atoms with van der Waals surface area (Å²) < 4.78 is 32.6. The second kappa shape index (κ2) is 12.3. The third kappa shape index (κ3) is 7.27. The van der Waals surface area contributed by atoms with E-state index in [1.807, 2.05) is 49.4 Å².